The lowest BCUT2D eigenvalue weighted by atomic mass is 9.85. The molecule has 1 unspecified atom stereocenters. The average Bonchev–Trinajstić information content (AvgIpc) is 3.52. The molecule has 6 N–H and O–H groups in total. The molecule has 5 amide bonds. The fraction of sp³-hybridized carbons (Fsp3) is 0.611. The van der Waals surface area contributed by atoms with Crippen molar-refractivity contribution in [2.75, 3.05) is 53.0 Å². The highest BCUT2D eigenvalue weighted by Gasteiger charge is 2.53. The lowest BCUT2D eigenvalue weighted by Gasteiger charge is -2.35. The molecule has 1 aliphatic carbocycles. The van der Waals surface area contributed by atoms with Crippen LogP contribution in [0.15, 0.2) is 23.7 Å². The lowest BCUT2D eigenvalue weighted by Crippen LogP contribution is -2.59. The molecular formula is C36H52FN7O8S. The normalized spacial score (nSPS) is 18.2. The maximum Gasteiger partial charge on any atom is 0.258 e. The van der Waals surface area contributed by atoms with Crippen LogP contribution in [0.1, 0.15) is 57.7 Å². The van der Waals surface area contributed by atoms with E-state index < -0.39 is 52.9 Å². The van der Waals surface area contributed by atoms with Crippen LogP contribution in [0.5, 0.6) is 5.75 Å². The van der Waals surface area contributed by atoms with Gasteiger partial charge in [-0.2, -0.15) is 0 Å². The Morgan fingerprint density at radius 3 is 2.47 bits per heavy atom. The van der Waals surface area contributed by atoms with E-state index in [9.17, 15) is 33.5 Å². The van der Waals surface area contributed by atoms with Crippen molar-refractivity contribution in [3.05, 3.63) is 35.0 Å². The minimum absolute atomic E-state index is 0.0177. The molecule has 1 saturated heterocycles. The molecule has 15 nitrogen and oxygen atoms in total. The van der Waals surface area contributed by atoms with E-state index in [0.717, 1.165) is 16.1 Å². The highest BCUT2D eigenvalue weighted by atomic mass is 32.1. The van der Waals surface area contributed by atoms with Crippen molar-refractivity contribution >= 4 is 40.9 Å². The molecule has 2 aliphatic rings. The second-order valence-electron chi connectivity index (χ2n) is 14.4. The second-order valence-corrected chi connectivity index (χ2v) is 15.3. The van der Waals surface area contributed by atoms with Gasteiger partial charge in [0.25, 0.3) is 11.8 Å². The number of rotatable bonds is 19. The maximum absolute atomic E-state index is 14.5. The average molecular weight is 762 g/mol. The van der Waals surface area contributed by atoms with Crippen molar-refractivity contribution < 1.29 is 42.9 Å². The molecule has 4 rings (SSSR count). The Morgan fingerprint density at radius 2 is 1.81 bits per heavy atom. The summed E-state index contributed by atoms with van der Waals surface area (Å²) in [5, 5.41) is 24.3. The van der Waals surface area contributed by atoms with E-state index >= 15 is 0 Å². The van der Waals surface area contributed by atoms with Gasteiger partial charge in [-0.1, -0.05) is 32.9 Å². The number of nitrogens with one attached hydrogen (secondary N) is 5. The molecule has 1 saturated carbocycles. The zero-order chi connectivity index (χ0) is 38.8. The summed E-state index contributed by atoms with van der Waals surface area (Å²) in [4.78, 5) is 70.9. The number of β-amino-alcohol motifs (C(OH)–C–C–N with tert-alkyl or cyclic N) is 1. The van der Waals surface area contributed by atoms with Crippen molar-refractivity contribution in [3.63, 3.8) is 0 Å². The summed E-state index contributed by atoms with van der Waals surface area (Å²) in [5.74, 6) is -2.13. The number of nitrogens with zero attached hydrogens (tertiary/aromatic N) is 2. The Bertz CT molecular complexity index is 1610. The van der Waals surface area contributed by atoms with Crippen LogP contribution in [-0.2, 0) is 35.3 Å². The number of likely N-dealkylation sites (tertiary alicyclic amines) is 1. The SMILES string of the molecule is CNCCNC(=O)CCOCCNC(=O)COc1cc(-c2scnc2C)ccc1CNC(=O)[C@@H]1C[C@@H](O)CN1C(=O)C(NC(=O)C1(F)CC1)C(C)(C)C. The predicted molar refractivity (Wildman–Crippen MR) is 196 cm³/mol. The number of hydrogen-bond donors (Lipinski definition) is 6. The summed E-state index contributed by atoms with van der Waals surface area (Å²) >= 11 is 1.45. The van der Waals surface area contributed by atoms with Crippen LogP contribution in [0.2, 0.25) is 0 Å². The van der Waals surface area contributed by atoms with Gasteiger partial charge in [-0.15, -0.1) is 11.3 Å². The molecule has 0 bridgehead atoms. The molecule has 2 heterocycles. The van der Waals surface area contributed by atoms with Gasteiger partial charge in [0, 0.05) is 51.1 Å². The van der Waals surface area contributed by atoms with Crippen molar-refractivity contribution in [3.8, 4) is 16.2 Å². The van der Waals surface area contributed by atoms with Gasteiger partial charge in [-0.25, -0.2) is 9.37 Å². The predicted octanol–water partition coefficient (Wildman–Crippen LogP) is 0.967. The van der Waals surface area contributed by atoms with E-state index in [0.29, 0.717) is 24.4 Å². The monoisotopic (exact) mass is 761 g/mol. The quantitative estimate of drug-likeness (QED) is 0.112. The number of likely N-dealkylation sites (N-methyl/N-ethyl adjacent to an activating group) is 1. The molecule has 292 valence electrons. The molecule has 0 spiro atoms. The summed E-state index contributed by atoms with van der Waals surface area (Å²) in [6.45, 7) is 8.46. The third-order valence-electron chi connectivity index (χ3n) is 8.97. The minimum Gasteiger partial charge on any atom is -0.483 e. The van der Waals surface area contributed by atoms with E-state index in [1.165, 1.54) is 16.2 Å². The molecule has 2 fully saturated rings. The number of hydrogen-bond acceptors (Lipinski definition) is 11. The highest BCUT2D eigenvalue weighted by molar-refractivity contribution is 7.13. The van der Waals surface area contributed by atoms with Gasteiger partial charge >= 0.3 is 0 Å². The molecular weight excluding hydrogens is 710 g/mol. The number of ether oxygens (including phenoxy) is 2. The lowest BCUT2D eigenvalue weighted by molar-refractivity contribution is -0.145. The third-order valence-corrected chi connectivity index (χ3v) is 9.95. The Morgan fingerprint density at radius 1 is 1.08 bits per heavy atom. The minimum atomic E-state index is -1.99. The first-order chi connectivity index (χ1) is 25.1. The fourth-order valence-corrected chi connectivity index (χ4v) is 6.51. The number of carbonyl (C=O) groups is 5. The number of halogens is 1. The number of aryl methyl sites for hydroxylation is 1. The largest absolute Gasteiger partial charge is 0.483 e. The van der Waals surface area contributed by atoms with E-state index in [2.05, 4.69) is 31.6 Å². The van der Waals surface area contributed by atoms with Crippen molar-refractivity contribution in [2.24, 2.45) is 5.41 Å². The van der Waals surface area contributed by atoms with Crippen LogP contribution in [0.25, 0.3) is 10.4 Å². The number of carbonyl (C=O) groups excluding carboxylic acids is 5. The van der Waals surface area contributed by atoms with Gasteiger partial charge in [-0.05, 0) is 43.9 Å². The standard InChI is InChI=1S/C36H52FN7O8S/c1-22-30(53-21-42-22)23-6-7-24(27(16-23)52-20-29(47)40-13-15-51-14-8-28(46)39-12-11-38-5)18-41-32(48)26-17-25(45)19-44(26)33(49)31(35(2,3)4)43-34(50)36(37)9-10-36/h6-7,16,21,25-26,31,38,45H,8-15,17-20H2,1-5H3,(H,39,46)(H,40,47)(H,41,48)(H,43,50)/t25-,26+,31?/m1/s1. The first-order valence-electron chi connectivity index (χ1n) is 17.8. The zero-order valence-corrected chi connectivity index (χ0v) is 31.8. The van der Waals surface area contributed by atoms with Crippen LogP contribution in [0.4, 0.5) is 4.39 Å². The number of aliphatic hydroxyl groups excluding tert-OH is 1. The summed E-state index contributed by atoms with van der Waals surface area (Å²) in [7, 11) is 1.80. The maximum atomic E-state index is 14.5. The van der Waals surface area contributed by atoms with Crippen molar-refractivity contribution in [1.29, 1.82) is 0 Å². The molecule has 3 atom stereocenters. The van der Waals surface area contributed by atoms with Gasteiger partial charge in [0.15, 0.2) is 12.3 Å². The highest BCUT2D eigenvalue weighted by Crippen LogP contribution is 2.40. The third kappa shape index (κ3) is 11.9. The van der Waals surface area contributed by atoms with E-state index in [1.807, 2.05) is 13.0 Å². The van der Waals surface area contributed by atoms with Gasteiger partial charge in [0.05, 0.1) is 35.4 Å². The topological polar surface area (TPSA) is 200 Å². The number of thiazole rings is 1. The number of benzene rings is 1. The Kier molecular flexibility index (Phi) is 14.7. The van der Waals surface area contributed by atoms with Gasteiger partial charge in [-0.3, -0.25) is 24.0 Å². The molecule has 1 aromatic heterocycles. The Hall–Kier alpha value is -4.19. The summed E-state index contributed by atoms with van der Waals surface area (Å²) in [6, 6.07) is 3.24. The Balaban J connectivity index is 1.36. The smallest absolute Gasteiger partial charge is 0.258 e. The van der Waals surface area contributed by atoms with Crippen LogP contribution in [0.3, 0.4) is 0 Å². The van der Waals surface area contributed by atoms with E-state index in [1.54, 1.807) is 45.5 Å². The van der Waals surface area contributed by atoms with Gasteiger partial charge in [0.2, 0.25) is 17.7 Å². The molecule has 53 heavy (non-hydrogen) atoms. The first kappa shape index (κ1) is 41.6. The molecule has 17 heteroatoms. The second kappa shape index (κ2) is 18.7. The number of aromatic nitrogens is 1. The molecule has 2 aromatic rings. The van der Waals surface area contributed by atoms with Crippen molar-refractivity contribution in [2.45, 2.75) is 83.8 Å². The van der Waals surface area contributed by atoms with Gasteiger partial charge in [0.1, 0.15) is 17.8 Å². The van der Waals surface area contributed by atoms with Crippen LogP contribution >= 0.6 is 11.3 Å². The summed E-state index contributed by atoms with van der Waals surface area (Å²) in [6.07, 6.45) is -0.598. The zero-order valence-electron chi connectivity index (χ0n) is 31.0. The van der Waals surface area contributed by atoms with Crippen LogP contribution in [-0.4, -0.2) is 121 Å². The number of aliphatic hydroxyl groups is 1. The molecule has 1 aromatic carbocycles. The van der Waals surface area contributed by atoms with Crippen molar-refractivity contribution in [1.82, 2.24) is 36.5 Å². The Labute approximate surface area is 313 Å². The van der Waals surface area contributed by atoms with Crippen LogP contribution < -0.4 is 31.3 Å². The van der Waals surface area contributed by atoms with Crippen LogP contribution in [0, 0.1) is 12.3 Å². The van der Waals surface area contributed by atoms with Gasteiger partial charge < -0.3 is 46.1 Å². The summed E-state index contributed by atoms with van der Waals surface area (Å²) < 4.78 is 25.9. The number of alkyl halides is 1. The molecule has 1 aliphatic heterocycles. The molecule has 0 radical (unpaired) electrons. The fourth-order valence-electron chi connectivity index (χ4n) is 5.71. The first-order valence-corrected chi connectivity index (χ1v) is 18.7. The number of amides is 5. The summed E-state index contributed by atoms with van der Waals surface area (Å²) in [5.41, 5.74) is 1.13. The van der Waals surface area contributed by atoms with E-state index in [4.69, 9.17) is 9.47 Å². The van der Waals surface area contributed by atoms with E-state index in [-0.39, 0.29) is 71.0 Å².